The van der Waals surface area contributed by atoms with E-state index in [-0.39, 0.29) is 41.5 Å². The molecular weight excluding hydrogens is 303 g/mol. The van der Waals surface area contributed by atoms with E-state index in [0.717, 1.165) is 32.4 Å². The fraction of sp³-hybridized carbons (Fsp3) is 0.588. The van der Waals surface area contributed by atoms with E-state index in [0.29, 0.717) is 5.56 Å². The first kappa shape index (κ1) is 17.2. The Balaban J connectivity index is 0.00000176. The van der Waals surface area contributed by atoms with Gasteiger partial charge in [0.05, 0.1) is 6.04 Å². The maximum Gasteiger partial charge on any atom is 0.226 e. The minimum atomic E-state index is -0.239. The van der Waals surface area contributed by atoms with Gasteiger partial charge in [-0.25, -0.2) is 4.39 Å². The minimum absolute atomic E-state index is 0. The van der Waals surface area contributed by atoms with E-state index in [4.69, 9.17) is 0 Å². The van der Waals surface area contributed by atoms with Gasteiger partial charge in [-0.1, -0.05) is 18.2 Å². The summed E-state index contributed by atoms with van der Waals surface area (Å²) in [4.78, 5) is 14.4. The van der Waals surface area contributed by atoms with Gasteiger partial charge in [0, 0.05) is 18.5 Å². The van der Waals surface area contributed by atoms with Crippen molar-refractivity contribution in [3.05, 3.63) is 35.6 Å². The number of hydrogen-bond donors (Lipinski definition) is 1. The Morgan fingerprint density at radius 1 is 1.36 bits per heavy atom. The average Bonchev–Trinajstić information content (AvgIpc) is 3.19. The maximum atomic E-state index is 13.9. The van der Waals surface area contributed by atoms with Crippen LogP contribution in [0.25, 0.3) is 0 Å². The molecule has 122 valence electrons. The van der Waals surface area contributed by atoms with Crippen molar-refractivity contribution < 1.29 is 9.18 Å². The van der Waals surface area contributed by atoms with Gasteiger partial charge < -0.3 is 10.2 Å². The van der Waals surface area contributed by atoms with Crippen LogP contribution < -0.4 is 5.32 Å². The molecule has 5 heteroatoms. The Hall–Kier alpha value is -1.13. The monoisotopic (exact) mass is 326 g/mol. The van der Waals surface area contributed by atoms with Crippen molar-refractivity contribution in [2.45, 2.75) is 32.2 Å². The third-order valence-electron chi connectivity index (χ3n) is 5.37. The zero-order chi connectivity index (χ0) is 15.0. The number of carbonyl (C=O) groups is 1. The fourth-order valence-electron chi connectivity index (χ4n) is 3.63. The molecule has 1 aromatic rings. The number of amides is 1. The van der Waals surface area contributed by atoms with Gasteiger partial charge >= 0.3 is 0 Å². The van der Waals surface area contributed by atoms with Gasteiger partial charge in [0.2, 0.25) is 5.91 Å². The first-order valence-electron chi connectivity index (χ1n) is 7.77. The summed E-state index contributed by atoms with van der Waals surface area (Å²) in [6.07, 6.45) is 3.18. The molecule has 0 aromatic heterocycles. The molecule has 0 bridgehead atoms. The SMILES string of the molecule is CC(c1ccccc1F)N(C)C(=O)C1CC12CCNCC2.Cl. The molecule has 1 aromatic carbocycles. The van der Waals surface area contributed by atoms with Crippen molar-refractivity contribution in [2.75, 3.05) is 20.1 Å². The highest BCUT2D eigenvalue weighted by Gasteiger charge is 2.58. The molecular formula is C17H24ClFN2O. The van der Waals surface area contributed by atoms with Crippen LogP contribution in [0, 0.1) is 17.2 Å². The number of nitrogens with zero attached hydrogens (tertiary/aromatic N) is 1. The molecule has 1 aliphatic heterocycles. The molecule has 0 radical (unpaired) electrons. The second kappa shape index (κ2) is 6.55. The van der Waals surface area contributed by atoms with E-state index in [2.05, 4.69) is 5.32 Å². The summed E-state index contributed by atoms with van der Waals surface area (Å²) in [5, 5.41) is 3.35. The van der Waals surface area contributed by atoms with Crippen LogP contribution in [0.1, 0.15) is 37.8 Å². The molecule has 1 heterocycles. The van der Waals surface area contributed by atoms with Crippen molar-refractivity contribution in [1.29, 1.82) is 0 Å². The topological polar surface area (TPSA) is 32.3 Å². The largest absolute Gasteiger partial charge is 0.339 e. The lowest BCUT2D eigenvalue weighted by atomic mass is 9.91. The van der Waals surface area contributed by atoms with Crippen molar-refractivity contribution in [2.24, 2.45) is 11.3 Å². The third-order valence-corrected chi connectivity index (χ3v) is 5.37. The predicted octanol–water partition coefficient (Wildman–Crippen LogP) is 3.16. The standard InChI is InChI=1S/C17H23FN2O.ClH/c1-12(13-5-3-4-6-15(13)18)20(2)16(21)14-11-17(14)7-9-19-10-8-17;/h3-6,12,14,19H,7-11H2,1-2H3;1H. The van der Waals surface area contributed by atoms with E-state index in [9.17, 15) is 9.18 Å². The molecule has 2 atom stereocenters. The maximum absolute atomic E-state index is 13.9. The molecule has 1 saturated carbocycles. The van der Waals surface area contributed by atoms with Crippen LogP contribution in [-0.4, -0.2) is 30.9 Å². The highest BCUT2D eigenvalue weighted by molar-refractivity contribution is 5.85. The molecule has 2 unspecified atom stereocenters. The van der Waals surface area contributed by atoms with Gasteiger partial charge in [0.25, 0.3) is 0 Å². The highest BCUT2D eigenvalue weighted by atomic mass is 35.5. The summed E-state index contributed by atoms with van der Waals surface area (Å²) < 4.78 is 13.9. The summed E-state index contributed by atoms with van der Waals surface area (Å²) in [5.41, 5.74) is 0.819. The lowest BCUT2D eigenvalue weighted by Gasteiger charge is -2.28. The summed E-state index contributed by atoms with van der Waals surface area (Å²) in [7, 11) is 1.80. The Morgan fingerprint density at radius 2 is 2.00 bits per heavy atom. The minimum Gasteiger partial charge on any atom is -0.339 e. The molecule has 1 amide bonds. The molecule has 2 fully saturated rings. The smallest absolute Gasteiger partial charge is 0.226 e. The van der Waals surface area contributed by atoms with Crippen molar-refractivity contribution in [3.8, 4) is 0 Å². The van der Waals surface area contributed by atoms with Gasteiger partial charge in [-0.15, -0.1) is 12.4 Å². The normalized spacial score (nSPS) is 23.5. The Morgan fingerprint density at radius 3 is 2.64 bits per heavy atom. The lowest BCUT2D eigenvalue weighted by Crippen LogP contribution is -2.36. The van der Waals surface area contributed by atoms with Crippen LogP contribution in [0.15, 0.2) is 24.3 Å². The van der Waals surface area contributed by atoms with E-state index in [1.807, 2.05) is 13.0 Å². The third kappa shape index (κ3) is 2.99. The van der Waals surface area contributed by atoms with Crippen LogP contribution in [0.5, 0.6) is 0 Å². The van der Waals surface area contributed by atoms with Gasteiger partial charge in [-0.2, -0.15) is 0 Å². The number of benzene rings is 1. The van der Waals surface area contributed by atoms with E-state index >= 15 is 0 Å². The quantitative estimate of drug-likeness (QED) is 0.925. The van der Waals surface area contributed by atoms with Crippen LogP contribution in [-0.2, 0) is 4.79 Å². The summed E-state index contributed by atoms with van der Waals surface area (Å²) in [6, 6.07) is 6.49. The zero-order valence-electron chi connectivity index (χ0n) is 13.1. The van der Waals surface area contributed by atoms with E-state index in [1.54, 1.807) is 24.1 Å². The van der Waals surface area contributed by atoms with Crippen LogP contribution in [0.4, 0.5) is 4.39 Å². The summed E-state index contributed by atoms with van der Waals surface area (Å²) in [5.74, 6) is 0.0727. The average molecular weight is 327 g/mol. The highest BCUT2D eigenvalue weighted by Crippen LogP contribution is 2.59. The lowest BCUT2D eigenvalue weighted by molar-refractivity contribution is -0.134. The molecule has 1 spiro atoms. The number of carbonyl (C=O) groups excluding carboxylic acids is 1. The first-order valence-corrected chi connectivity index (χ1v) is 7.77. The number of halogens is 2. The zero-order valence-corrected chi connectivity index (χ0v) is 14.0. The second-order valence-electron chi connectivity index (χ2n) is 6.52. The van der Waals surface area contributed by atoms with Gasteiger partial charge in [-0.05, 0) is 50.8 Å². The molecule has 3 nitrogen and oxygen atoms in total. The van der Waals surface area contributed by atoms with Gasteiger partial charge in [0.15, 0.2) is 0 Å². The van der Waals surface area contributed by atoms with Crippen molar-refractivity contribution >= 4 is 18.3 Å². The van der Waals surface area contributed by atoms with Crippen LogP contribution in [0.3, 0.4) is 0 Å². The van der Waals surface area contributed by atoms with Gasteiger partial charge in [0.1, 0.15) is 5.82 Å². The molecule has 2 aliphatic rings. The van der Waals surface area contributed by atoms with Gasteiger partial charge in [-0.3, -0.25) is 4.79 Å². The summed E-state index contributed by atoms with van der Waals surface area (Å²) in [6.45, 7) is 3.92. The number of rotatable bonds is 3. The fourth-order valence-corrected chi connectivity index (χ4v) is 3.63. The number of hydrogen-bond acceptors (Lipinski definition) is 2. The first-order chi connectivity index (χ1) is 10.1. The number of piperidine rings is 1. The van der Waals surface area contributed by atoms with Crippen LogP contribution >= 0.6 is 12.4 Å². The Bertz CT molecular complexity index is 545. The predicted molar refractivity (Wildman–Crippen MR) is 87.5 cm³/mol. The van der Waals surface area contributed by atoms with E-state index < -0.39 is 0 Å². The van der Waals surface area contributed by atoms with Crippen molar-refractivity contribution in [3.63, 3.8) is 0 Å². The molecule has 3 rings (SSSR count). The second-order valence-corrected chi connectivity index (χ2v) is 6.52. The molecule has 1 N–H and O–H groups in total. The Kier molecular flexibility index (Phi) is 5.13. The summed E-state index contributed by atoms with van der Waals surface area (Å²) >= 11 is 0. The molecule has 22 heavy (non-hydrogen) atoms. The van der Waals surface area contributed by atoms with E-state index in [1.165, 1.54) is 6.07 Å². The molecule has 1 aliphatic carbocycles. The molecule has 1 saturated heterocycles. The van der Waals surface area contributed by atoms with Crippen molar-refractivity contribution in [1.82, 2.24) is 10.2 Å². The Labute approximate surface area is 137 Å². The van der Waals surface area contributed by atoms with Crippen LogP contribution in [0.2, 0.25) is 0 Å². The number of nitrogens with one attached hydrogen (secondary N) is 1.